The van der Waals surface area contributed by atoms with Crippen LogP contribution in [0.4, 0.5) is 0 Å². The van der Waals surface area contributed by atoms with Gasteiger partial charge >= 0.3 is 0 Å². The topological polar surface area (TPSA) is 26.3 Å². The molecule has 0 aromatic rings. The zero-order valence-corrected chi connectivity index (χ0v) is 3.73. The smallest absolute Gasteiger partial charge is 0.293 e. The predicted molar refractivity (Wildman–Crippen MR) is 22.3 cm³/mol. The molecule has 0 amide bonds. The molecule has 0 aliphatic carbocycles. The van der Waals surface area contributed by atoms with Crippen molar-refractivity contribution >= 4 is 6.45 Å². The van der Waals surface area contributed by atoms with Crippen molar-refractivity contribution in [2.24, 2.45) is 0 Å². The van der Waals surface area contributed by atoms with Crippen LogP contribution < -0.4 is 0 Å². The fourth-order valence-electron chi connectivity index (χ4n) is 0.144. The standard InChI is InChI=1S/C4H8O2/c1-2-3-6-4-5/h4H,2-3H2,1H3/i4T. The van der Waals surface area contributed by atoms with E-state index in [0.29, 0.717) is 6.61 Å². The van der Waals surface area contributed by atoms with Crippen LogP contribution in [0.15, 0.2) is 0 Å². The van der Waals surface area contributed by atoms with Crippen molar-refractivity contribution in [2.75, 3.05) is 6.61 Å². The number of ether oxygens (including phenoxy) is 1. The Morgan fingerprint density at radius 3 is 3.00 bits per heavy atom. The van der Waals surface area contributed by atoms with Crippen LogP contribution in [0, 0.1) is 0 Å². The van der Waals surface area contributed by atoms with E-state index in [-0.39, 0.29) is 0 Å². The maximum Gasteiger partial charge on any atom is 0.293 e. The molecular formula is C4H8O2. The highest BCUT2D eigenvalue weighted by atomic mass is 16.5. The zero-order chi connectivity index (χ0) is 5.70. The van der Waals surface area contributed by atoms with Gasteiger partial charge in [0.15, 0.2) is 1.37 Å². The van der Waals surface area contributed by atoms with Gasteiger partial charge in [0.1, 0.15) is 0 Å². The van der Waals surface area contributed by atoms with E-state index in [1.165, 1.54) is 0 Å². The predicted octanol–water partition coefficient (Wildman–Crippen LogP) is 0.569. The molecule has 0 saturated heterocycles. The number of hydrogen-bond donors (Lipinski definition) is 0. The molecule has 0 heterocycles. The average molecular weight is 90.1 g/mol. The Labute approximate surface area is 38.5 Å². The minimum atomic E-state index is -0.943. The summed E-state index contributed by atoms with van der Waals surface area (Å²) in [5, 5.41) is 0. The maximum absolute atomic E-state index is 9.65. The summed E-state index contributed by atoms with van der Waals surface area (Å²) in [5.41, 5.74) is 0. The van der Waals surface area contributed by atoms with Gasteiger partial charge < -0.3 is 4.74 Å². The first kappa shape index (κ1) is 3.65. The molecule has 2 nitrogen and oxygen atoms in total. The summed E-state index contributed by atoms with van der Waals surface area (Å²) in [4.78, 5) is 9.65. The second kappa shape index (κ2) is 4.47. The van der Waals surface area contributed by atoms with Crippen molar-refractivity contribution in [3.8, 4) is 0 Å². The van der Waals surface area contributed by atoms with E-state index >= 15 is 0 Å². The fraction of sp³-hybridized carbons (Fsp3) is 0.750. The highest BCUT2D eigenvalue weighted by molar-refractivity contribution is 5.36. The largest absolute Gasteiger partial charge is 0.468 e. The number of rotatable bonds is 2. The third kappa shape index (κ3) is 3.47. The van der Waals surface area contributed by atoms with Crippen LogP contribution in [0.2, 0.25) is 0 Å². The van der Waals surface area contributed by atoms with E-state index in [1.807, 2.05) is 6.92 Å². The molecule has 0 atom stereocenters. The molecule has 0 aromatic carbocycles. The Balaban J connectivity index is 2.82. The first-order chi connectivity index (χ1) is 3.27. The molecule has 0 saturated carbocycles. The van der Waals surface area contributed by atoms with Gasteiger partial charge in [-0.15, -0.1) is 0 Å². The molecule has 0 aliphatic heterocycles. The number of hydrogen-bond acceptors (Lipinski definition) is 2. The molecule has 2 heteroatoms. The summed E-state index contributed by atoms with van der Waals surface area (Å²) in [6.45, 7) is 2.24. The van der Waals surface area contributed by atoms with E-state index in [1.54, 1.807) is 0 Å². The van der Waals surface area contributed by atoms with Crippen LogP contribution in [-0.4, -0.2) is 13.1 Å². The van der Waals surface area contributed by atoms with Crippen LogP contribution in [0.1, 0.15) is 14.7 Å². The van der Waals surface area contributed by atoms with Crippen molar-refractivity contribution in [2.45, 2.75) is 13.3 Å². The highest BCUT2D eigenvalue weighted by Crippen LogP contribution is 1.71. The van der Waals surface area contributed by atoms with Gasteiger partial charge in [0.05, 0.1) is 6.61 Å². The van der Waals surface area contributed by atoms with Gasteiger partial charge in [0.25, 0.3) is 6.45 Å². The molecular weight excluding hydrogens is 80.0 g/mol. The van der Waals surface area contributed by atoms with Crippen LogP contribution in [0.3, 0.4) is 0 Å². The molecule has 0 bridgehead atoms. The van der Waals surface area contributed by atoms with E-state index in [9.17, 15) is 4.79 Å². The third-order valence-corrected chi connectivity index (χ3v) is 0.365. The molecule has 6 heavy (non-hydrogen) atoms. The Morgan fingerprint density at radius 1 is 2.17 bits per heavy atom. The fourth-order valence-corrected chi connectivity index (χ4v) is 0.144. The lowest BCUT2D eigenvalue weighted by Gasteiger charge is -1.86. The third-order valence-electron chi connectivity index (χ3n) is 0.365. The highest BCUT2D eigenvalue weighted by Gasteiger charge is 1.71. The van der Waals surface area contributed by atoms with Crippen LogP contribution in [-0.2, 0) is 9.53 Å². The molecule has 36 valence electrons. The summed E-state index contributed by atoms with van der Waals surface area (Å²) < 4.78 is 10.4. The summed E-state index contributed by atoms with van der Waals surface area (Å²) >= 11 is 0. The molecule has 0 aliphatic rings. The van der Waals surface area contributed by atoms with Crippen LogP contribution in [0.5, 0.6) is 0 Å². The number of carbonyl (C=O) groups excluding carboxylic acids is 1. The second-order valence-corrected chi connectivity index (χ2v) is 0.932. The van der Waals surface area contributed by atoms with E-state index in [0.717, 1.165) is 6.42 Å². The summed E-state index contributed by atoms with van der Waals surface area (Å²) in [6.07, 6.45) is -0.160. The maximum atomic E-state index is 9.65. The molecule has 0 radical (unpaired) electrons. The van der Waals surface area contributed by atoms with Crippen LogP contribution >= 0.6 is 0 Å². The molecule has 0 fully saturated rings. The molecule has 0 aromatic heterocycles. The van der Waals surface area contributed by atoms with E-state index in [4.69, 9.17) is 1.37 Å². The van der Waals surface area contributed by atoms with Gasteiger partial charge in [-0.05, 0) is 6.42 Å². The second-order valence-electron chi connectivity index (χ2n) is 0.932. The lowest BCUT2D eigenvalue weighted by atomic mass is 10.5. The first-order valence-electron chi connectivity index (χ1n) is 2.40. The van der Waals surface area contributed by atoms with E-state index in [2.05, 4.69) is 4.74 Å². The van der Waals surface area contributed by atoms with Crippen molar-refractivity contribution < 1.29 is 10.9 Å². The summed E-state index contributed by atoms with van der Waals surface area (Å²) in [7, 11) is 0. The van der Waals surface area contributed by atoms with Gasteiger partial charge in [-0.2, -0.15) is 0 Å². The minimum Gasteiger partial charge on any atom is -0.468 e. The lowest BCUT2D eigenvalue weighted by molar-refractivity contribution is -0.128. The van der Waals surface area contributed by atoms with Gasteiger partial charge in [-0.1, -0.05) is 6.92 Å². The molecule has 0 unspecified atom stereocenters. The SMILES string of the molecule is [3H]C(=O)OCCC. The minimum absolute atomic E-state index is 0.363. The van der Waals surface area contributed by atoms with Crippen molar-refractivity contribution in [3.05, 3.63) is 0 Å². The lowest BCUT2D eigenvalue weighted by Crippen LogP contribution is -1.86. The van der Waals surface area contributed by atoms with Crippen molar-refractivity contribution in [1.29, 1.82) is 0 Å². The van der Waals surface area contributed by atoms with Gasteiger partial charge in [0.2, 0.25) is 0 Å². The molecule has 0 rings (SSSR count). The van der Waals surface area contributed by atoms with Gasteiger partial charge in [-0.25, -0.2) is 0 Å². The normalized spacial score (nSPS) is 9.83. The van der Waals surface area contributed by atoms with Gasteiger partial charge in [0, 0.05) is 0 Å². The Kier molecular flexibility index (Phi) is 2.72. The Hall–Kier alpha value is -0.530. The van der Waals surface area contributed by atoms with Crippen LogP contribution in [0.25, 0.3) is 0 Å². The summed E-state index contributed by atoms with van der Waals surface area (Å²) in [5.74, 6) is 0. The van der Waals surface area contributed by atoms with Crippen molar-refractivity contribution in [1.82, 2.24) is 0 Å². The van der Waals surface area contributed by atoms with Gasteiger partial charge in [-0.3, -0.25) is 4.79 Å². The molecule has 0 N–H and O–H groups in total. The van der Waals surface area contributed by atoms with E-state index < -0.39 is 6.45 Å². The first-order valence-corrected chi connectivity index (χ1v) is 1.90. The Bertz CT molecular complexity index is 62.7. The zero-order valence-electron chi connectivity index (χ0n) is 4.73. The Morgan fingerprint density at radius 2 is 2.83 bits per heavy atom. The monoisotopic (exact) mass is 90.1 g/mol. The summed E-state index contributed by atoms with van der Waals surface area (Å²) in [6, 6.07) is 0. The van der Waals surface area contributed by atoms with Crippen molar-refractivity contribution in [3.63, 3.8) is 0 Å². The average Bonchev–Trinajstić information content (AvgIpc) is 1.61. The molecule has 0 spiro atoms. The number of carbonyl (C=O) groups is 1. The quantitative estimate of drug-likeness (QED) is 0.463.